The van der Waals surface area contributed by atoms with Crippen molar-refractivity contribution < 1.29 is 14.3 Å². The number of rotatable bonds is 13. The first kappa shape index (κ1) is 28.8. The lowest BCUT2D eigenvalue weighted by molar-refractivity contribution is -0.139. The molecule has 3 aromatic rings. The summed E-state index contributed by atoms with van der Waals surface area (Å²) in [6, 6.07) is 25.0. The number of methoxy groups -OCH3 is 1. The van der Waals surface area contributed by atoms with Gasteiger partial charge in [0.1, 0.15) is 11.8 Å². The number of nitrogens with zero attached hydrogens (tertiary/aromatic N) is 1. The molecule has 0 fully saturated rings. The molecule has 1 atom stereocenters. The molecule has 0 aliphatic heterocycles. The minimum atomic E-state index is -0.616. The summed E-state index contributed by atoms with van der Waals surface area (Å²) in [5.41, 5.74) is 3.11. The number of benzene rings is 3. The Kier molecular flexibility index (Phi) is 11.5. The van der Waals surface area contributed by atoms with E-state index in [-0.39, 0.29) is 17.6 Å². The number of carbonyl (C=O) groups excluding carboxylic acids is 2. The number of amides is 2. The minimum Gasteiger partial charge on any atom is -0.497 e. The van der Waals surface area contributed by atoms with Crippen molar-refractivity contribution in [2.45, 2.75) is 38.6 Å². The van der Waals surface area contributed by atoms with Gasteiger partial charge in [-0.05, 0) is 46.9 Å². The van der Waals surface area contributed by atoms with Gasteiger partial charge in [-0.1, -0.05) is 84.4 Å². The summed E-state index contributed by atoms with van der Waals surface area (Å²) in [5, 5.41) is 3.07. The van der Waals surface area contributed by atoms with E-state index in [0.717, 1.165) is 26.9 Å². The fourth-order valence-corrected chi connectivity index (χ4v) is 5.19. The number of carbonyl (C=O) groups is 2. The molecule has 0 saturated heterocycles. The fourth-order valence-electron chi connectivity index (χ4n) is 3.87. The first-order valence-corrected chi connectivity index (χ1v) is 14.4. The molecule has 0 saturated carbocycles. The van der Waals surface area contributed by atoms with Gasteiger partial charge in [-0.3, -0.25) is 9.59 Å². The highest BCUT2D eigenvalue weighted by molar-refractivity contribution is 9.10. The predicted octanol–water partition coefficient (Wildman–Crippen LogP) is 6.10. The van der Waals surface area contributed by atoms with Crippen LogP contribution in [0.3, 0.4) is 0 Å². The fraction of sp³-hybridized carbons (Fsp3) is 0.333. The van der Waals surface area contributed by atoms with Crippen molar-refractivity contribution in [1.82, 2.24) is 10.2 Å². The zero-order valence-corrected chi connectivity index (χ0v) is 24.1. The quantitative estimate of drug-likeness (QED) is 0.264. The van der Waals surface area contributed by atoms with Gasteiger partial charge in [-0.2, -0.15) is 0 Å². The van der Waals surface area contributed by atoms with Gasteiger partial charge in [0, 0.05) is 29.7 Å². The van der Waals surface area contributed by atoms with Crippen molar-refractivity contribution in [3.8, 4) is 5.75 Å². The lowest BCUT2D eigenvalue weighted by Gasteiger charge is -2.32. The third kappa shape index (κ3) is 9.56. The van der Waals surface area contributed by atoms with Gasteiger partial charge in [0.25, 0.3) is 0 Å². The third-order valence-electron chi connectivity index (χ3n) is 5.85. The Labute approximate surface area is 233 Å². The van der Waals surface area contributed by atoms with Crippen LogP contribution in [0.25, 0.3) is 0 Å². The zero-order valence-electron chi connectivity index (χ0n) is 21.7. The molecule has 3 aromatic carbocycles. The van der Waals surface area contributed by atoms with Gasteiger partial charge in [0.2, 0.25) is 11.8 Å². The van der Waals surface area contributed by atoms with E-state index in [4.69, 9.17) is 4.74 Å². The Morgan fingerprint density at radius 3 is 2.30 bits per heavy atom. The van der Waals surface area contributed by atoms with Crippen LogP contribution in [0.15, 0.2) is 83.3 Å². The Morgan fingerprint density at radius 2 is 1.65 bits per heavy atom. The lowest BCUT2D eigenvalue weighted by atomic mass is 10.0. The van der Waals surface area contributed by atoms with Crippen LogP contribution in [0.2, 0.25) is 0 Å². The Morgan fingerprint density at radius 1 is 0.946 bits per heavy atom. The third-order valence-corrected chi connectivity index (χ3v) is 7.33. The van der Waals surface area contributed by atoms with Crippen LogP contribution in [0.4, 0.5) is 0 Å². The van der Waals surface area contributed by atoms with Crippen LogP contribution >= 0.6 is 27.7 Å². The summed E-state index contributed by atoms with van der Waals surface area (Å²) in [7, 11) is 1.64. The number of hydrogen-bond donors (Lipinski definition) is 1. The molecule has 5 nitrogen and oxygen atoms in total. The molecule has 196 valence electrons. The first-order chi connectivity index (χ1) is 17.9. The topological polar surface area (TPSA) is 58.6 Å². The normalized spacial score (nSPS) is 11.7. The molecule has 0 spiro atoms. The number of hydrogen-bond acceptors (Lipinski definition) is 4. The van der Waals surface area contributed by atoms with Gasteiger partial charge in [-0.25, -0.2) is 0 Å². The number of ether oxygens (including phenoxy) is 1. The number of nitrogens with one attached hydrogen (secondary N) is 1. The summed E-state index contributed by atoms with van der Waals surface area (Å²) >= 11 is 5.08. The summed E-state index contributed by atoms with van der Waals surface area (Å²) in [6.07, 6.45) is 0.452. The van der Waals surface area contributed by atoms with E-state index in [9.17, 15) is 9.59 Å². The van der Waals surface area contributed by atoms with E-state index in [1.165, 1.54) is 0 Å². The second-order valence-electron chi connectivity index (χ2n) is 9.34. The van der Waals surface area contributed by atoms with Gasteiger partial charge < -0.3 is 15.0 Å². The Balaban J connectivity index is 1.82. The van der Waals surface area contributed by atoms with Gasteiger partial charge in [0.05, 0.1) is 12.9 Å². The van der Waals surface area contributed by atoms with Crippen molar-refractivity contribution in [2.24, 2.45) is 5.92 Å². The molecule has 1 N–H and O–H groups in total. The molecule has 3 rings (SSSR count). The summed E-state index contributed by atoms with van der Waals surface area (Å²) in [5.74, 6) is 1.92. The maximum Gasteiger partial charge on any atom is 0.243 e. The van der Waals surface area contributed by atoms with Crippen LogP contribution in [0.5, 0.6) is 5.75 Å². The SMILES string of the molecule is COc1ccc(CSCC(=O)N(Cc2cccc(Br)c2)[C@H](Cc2ccccc2)C(=O)NCC(C)C)cc1. The van der Waals surface area contributed by atoms with E-state index < -0.39 is 6.04 Å². The second kappa shape index (κ2) is 14.8. The molecule has 37 heavy (non-hydrogen) atoms. The zero-order chi connectivity index (χ0) is 26.6. The number of halogens is 1. The average Bonchev–Trinajstić information content (AvgIpc) is 2.90. The average molecular weight is 584 g/mol. The Hall–Kier alpha value is -2.77. The van der Waals surface area contributed by atoms with Crippen molar-refractivity contribution in [1.29, 1.82) is 0 Å². The molecule has 2 amide bonds. The molecule has 0 aliphatic rings. The largest absolute Gasteiger partial charge is 0.497 e. The highest BCUT2D eigenvalue weighted by atomic mass is 79.9. The van der Waals surface area contributed by atoms with E-state index in [2.05, 4.69) is 35.1 Å². The lowest BCUT2D eigenvalue weighted by Crippen LogP contribution is -2.51. The summed E-state index contributed by atoms with van der Waals surface area (Å²) in [4.78, 5) is 28.9. The monoisotopic (exact) mass is 582 g/mol. The van der Waals surface area contributed by atoms with E-state index in [1.807, 2.05) is 78.9 Å². The Bertz CT molecular complexity index is 1140. The van der Waals surface area contributed by atoms with E-state index >= 15 is 0 Å². The van der Waals surface area contributed by atoms with Crippen molar-refractivity contribution >= 4 is 39.5 Å². The molecule has 0 unspecified atom stereocenters. The molecule has 7 heteroatoms. The summed E-state index contributed by atoms with van der Waals surface area (Å²) in [6.45, 7) is 5.04. The molecule has 0 heterocycles. The van der Waals surface area contributed by atoms with E-state index in [0.29, 0.717) is 31.2 Å². The van der Waals surface area contributed by atoms with Gasteiger partial charge >= 0.3 is 0 Å². The molecule has 0 bridgehead atoms. The van der Waals surface area contributed by atoms with Gasteiger partial charge in [-0.15, -0.1) is 11.8 Å². The van der Waals surface area contributed by atoms with Crippen LogP contribution in [0, 0.1) is 5.92 Å². The maximum absolute atomic E-state index is 13.7. The van der Waals surface area contributed by atoms with Crippen LogP contribution in [0.1, 0.15) is 30.5 Å². The van der Waals surface area contributed by atoms with Crippen LogP contribution < -0.4 is 10.1 Å². The molecule has 0 aromatic heterocycles. The highest BCUT2D eigenvalue weighted by Gasteiger charge is 2.30. The molecular formula is C30H35BrN2O3S. The van der Waals surface area contributed by atoms with Crippen molar-refractivity contribution in [3.63, 3.8) is 0 Å². The van der Waals surface area contributed by atoms with Crippen LogP contribution in [-0.2, 0) is 28.3 Å². The molecule has 0 radical (unpaired) electrons. The maximum atomic E-state index is 13.7. The highest BCUT2D eigenvalue weighted by Crippen LogP contribution is 2.21. The predicted molar refractivity (Wildman–Crippen MR) is 156 cm³/mol. The standard InChI is InChI=1S/C30H35BrN2O3S/c1-22(2)18-32-30(35)28(17-23-8-5-4-6-9-23)33(19-25-10-7-11-26(31)16-25)29(34)21-37-20-24-12-14-27(36-3)15-13-24/h4-16,22,28H,17-21H2,1-3H3,(H,32,35)/t28-/m1/s1. The van der Waals surface area contributed by atoms with Crippen LogP contribution in [-0.4, -0.2) is 42.2 Å². The molecular weight excluding hydrogens is 548 g/mol. The minimum absolute atomic E-state index is 0.0564. The molecule has 0 aliphatic carbocycles. The number of thioether (sulfide) groups is 1. The van der Waals surface area contributed by atoms with Crippen molar-refractivity contribution in [3.05, 3.63) is 100 Å². The second-order valence-corrected chi connectivity index (χ2v) is 11.2. The van der Waals surface area contributed by atoms with Crippen molar-refractivity contribution in [2.75, 3.05) is 19.4 Å². The van der Waals surface area contributed by atoms with E-state index in [1.54, 1.807) is 23.8 Å². The summed E-state index contributed by atoms with van der Waals surface area (Å²) < 4.78 is 6.17. The smallest absolute Gasteiger partial charge is 0.243 e. The van der Waals surface area contributed by atoms with Gasteiger partial charge in [0.15, 0.2) is 0 Å². The first-order valence-electron chi connectivity index (χ1n) is 12.4.